The second-order valence-electron chi connectivity index (χ2n) is 5.15. The highest BCUT2D eigenvalue weighted by Crippen LogP contribution is 2.29. The zero-order valence-electron chi connectivity index (χ0n) is 11.5. The lowest BCUT2D eigenvalue weighted by Crippen LogP contribution is -2.40. The second-order valence-corrected chi connectivity index (χ2v) is 7.96. The minimum Gasteiger partial charge on any atom is -0.481 e. The highest BCUT2D eigenvalue weighted by atomic mass is 79.9. The Kier molecular flexibility index (Phi) is 5.40. The molecule has 1 aromatic carbocycles. The first kappa shape index (κ1) is 16.5. The maximum Gasteiger partial charge on any atom is 0.304 e. The summed E-state index contributed by atoms with van der Waals surface area (Å²) in [6.45, 7) is 0.0262. The van der Waals surface area contributed by atoms with E-state index in [-0.39, 0.29) is 23.9 Å². The minimum atomic E-state index is -3.65. The van der Waals surface area contributed by atoms with E-state index in [9.17, 15) is 13.2 Å². The molecule has 0 unspecified atom stereocenters. The molecule has 0 bridgehead atoms. The van der Waals surface area contributed by atoms with Crippen LogP contribution in [0.1, 0.15) is 32.1 Å². The molecule has 0 spiro atoms. The lowest BCUT2D eigenvalue weighted by molar-refractivity contribution is -0.137. The van der Waals surface area contributed by atoms with Crippen LogP contribution in [0, 0.1) is 0 Å². The van der Waals surface area contributed by atoms with Gasteiger partial charge in [-0.15, -0.1) is 0 Å². The summed E-state index contributed by atoms with van der Waals surface area (Å²) in [7, 11) is -3.65. The van der Waals surface area contributed by atoms with Crippen LogP contribution < -0.4 is 0 Å². The van der Waals surface area contributed by atoms with Crippen LogP contribution in [0.5, 0.6) is 0 Å². The molecular formula is C14H18BrNO4S. The number of hydrogen-bond donors (Lipinski definition) is 1. The van der Waals surface area contributed by atoms with Gasteiger partial charge in [-0.25, -0.2) is 8.42 Å². The first-order chi connectivity index (χ1) is 9.91. The SMILES string of the molecule is O=C(O)CCN(C1CCCC1)S(=O)(=O)c1ccc(Br)cc1. The highest BCUT2D eigenvalue weighted by molar-refractivity contribution is 9.10. The normalized spacial score (nSPS) is 16.5. The van der Waals surface area contributed by atoms with E-state index in [0.29, 0.717) is 0 Å². The molecule has 1 aromatic rings. The average molecular weight is 376 g/mol. The summed E-state index contributed by atoms with van der Waals surface area (Å²) in [5.41, 5.74) is 0. The molecule has 1 aliphatic rings. The first-order valence-electron chi connectivity index (χ1n) is 6.90. The van der Waals surface area contributed by atoms with Gasteiger partial charge in [0.15, 0.2) is 0 Å². The molecule has 0 saturated heterocycles. The van der Waals surface area contributed by atoms with Crippen LogP contribution in [-0.4, -0.2) is 36.4 Å². The summed E-state index contributed by atoms with van der Waals surface area (Å²) in [4.78, 5) is 11.0. The van der Waals surface area contributed by atoms with Gasteiger partial charge in [0, 0.05) is 17.1 Å². The average Bonchev–Trinajstić information content (AvgIpc) is 2.92. The van der Waals surface area contributed by atoms with Crippen molar-refractivity contribution in [3.05, 3.63) is 28.7 Å². The third-order valence-electron chi connectivity index (χ3n) is 3.70. The molecule has 1 fully saturated rings. The highest BCUT2D eigenvalue weighted by Gasteiger charge is 2.33. The Balaban J connectivity index is 2.28. The van der Waals surface area contributed by atoms with E-state index < -0.39 is 16.0 Å². The van der Waals surface area contributed by atoms with E-state index in [2.05, 4.69) is 15.9 Å². The standard InChI is InChI=1S/C14H18BrNO4S/c15-11-5-7-13(8-6-11)21(19,20)16(10-9-14(17)18)12-3-1-2-4-12/h5-8,12H,1-4,9-10H2,(H,17,18). The summed E-state index contributed by atoms with van der Waals surface area (Å²) in [5.74, 6) is -0.982. The maximum atomic E-state index is 12.8. The van der Waals surface area contributed by atoms with Gasteiger partial charge in [0.1, 0.15) is 0 Å². The Morgan fingerprint density at radius 1 is 1.24 bits per heavy atom. The third kappa shape index (κ3) is 4.05. The Labute approximate surface area is 133 Å². The third-order valence-corrected chi connectivity index (χ3v) is 6.19. The molecule has 1 saturated carbocycles. The number of halogens is 1. The molecule has 7 heteroatoms. The first-order valence-corrected chi connectivity index (χ1v) is 9.14. The molecule has 0 atom stereocenters. The molecule has 1 N–H and O–H groups in total. The van der Waals surface area contributed by atoms with Crippen molar-refractivity contribution < 1.29 is 18.3 Å². The number of carboxylic acid groups (broad SMARTS) is 1. The lowest BCUT2D eigenvalue weighted by Gasteiger charge is -2.27. The van der Waals surface area contributed by atoms with Gasteiger partial charge >= 0.3 is 5.97 Å². The second kappa shape index (κ2) is 6.89. The predicted octanol–water partition coefficient (Wildman–Crippen LogP) is 2.86. The molecule has 0 heterocycles. The molecule has 1 aliphatic carbocycles. The molecule has 2 rings (SSSR count). The van der Waals surface area contributed by atoms with Crippen LogP contribution in [-0.2, 0) is 14.8 Å². The lowest BCUT2D eigenvalue weighted by atomic mass is 10.2. The van der Waals surface area contributed by atoms with Crippen LogP contribution in [0.2, 0.25) is 0 Å². The number of sulfonamides is 1. The largest absolute Gasteiger partial charge is 0.481 e. The maximum absolute atomic E-state index is 12.8. The molecule has 5 nitrogen and oxygen atoms in total. The quantitative estimate of drug-likeness (QED) is 0.829. The monoisotopic (exact) mass is 375 g/mol. The molecule has 0 aliphatic heterocycles. The van der Waals surface area contributed by atoms with Crippen molar-refractivity contribution in [2.75, 3.05) is 6.54 Å². The van der Waals surface area contributed by atoms with Crippen molar-refractivity contribution >= 4 is 31.9 Å². The topological polar surface area (TPSA) is 74.7 Å². The van der Waals surface area contributed by atoms with E-state index in [1.165, 1.54) is 4.31 Å². The summed E-state index contributed by atoms with van der Waals surface area (Å²) in [5, 5.41) is 8.85. The number of benzene rings is 1. The summed E-state index contributed by atoms with van der Waals surface area (Å²) in [6.07, 6.45) is 3.41. The number of carboxylic acids is 1. The Morgan fingerprint density at radius 3 is 2.33 bits per heavy atom. The van der Waals surface area contributed by atoms with E-state index in [1.807, 2.05) is 0 Å². The van der Waals surface area contributed by atoms with Crippen molar-refractivity contribution in [3.8, 4) is 0 Å². The van der Waals surface area contributed by atoms with Gasteiger partial charge in [-0.2, -0.15) is 4.31 Å². The molecular weight excluding hydrogens is 358 g/mol. The number of nitrogens with zero attached hydrogens (tertiary/aromatic N) is 1. The van der Waals surface area contributed by atoms with Gasteiger partial charge in [-0.1, -0.05) is 28.8 Å². The smallest absolute Gasteiger partial charge is 0.304 e. The van der Waals surface area contributed by atoms with E-state index in [4.69, 9.17) is 5.11 Å². The van der Waals surface area contributed by atoms with Crippen LogP contribution in [0.3, 0.4) is 0 Å². The van der Waals surface area contributed by atoms with Gasteiger partial charge in [0.25, 0.3) is 0 Å². The van der Waals surface area contributed by atoms with Crippen molar-refractivity contribution in [1.29, 1.82) is 0 Å². The summed E-state index contributed by atoms with van der Waals surface area (Å²) < 4.78 is 27.7. The van der Waals surface area contributed by atoms with Gasteiger partial charge in [0.05, 0.1) is 11.3 Å². The van der Waals surface area contributed by atoms with Gasteiger partial charge in [0.2, 0.25) is 10.0 Å². The predicted molar refractivity (Wildman–Crippen MR) is 82.5 cm³/mol. The van der Waals surface area contributed by atoms with Crippen LogP contribution >= 0.6 is 15.9 Å². The number of carbonyl (C=O) groups is 1. The molecule has 116 valence electrons. The Morgan fingerprint density at radius 2 is 1.81 bits per heavy atom. The number of aliphatic carboxylic acids is 1. The molecule has 0 amide bonds. The van der Waals surface area contributed by atoms with Gasteiger partial charge in [-0.05, 0) is 37.1 Å². The van der Waals surface area contributed by atoms with Crippen LogP contribution in [0.4, 0.5) is 0 Å². The van der Waals surface area contributed by atoms with Gasteiger partial charge < -0.3 is 5.11 Å². The van der Waals surface area contributed by atoms with E-state index >= 15 is 0 Å². The van der Waals surface area contributed by atoms with Crippen molar-refractivity contribution in [1.82, 2.24) is 4.31 Å². The van der Waals surface area contributed by atoms with E-state index in [1.54, 1.807) is 24.3 Å². The number of rotatable bonds is 6. The van der Waals surface area contributed by atoms with Crippen molar-refractivity contribution in [2.45, 2.75) is 43.0 Å². The Hall–Kier alpha value is -0.920. The fraction of sp³-hybridized carbons (Fsp3) is 0.500. The van der Waals surface area contributed by atoms with Gasteiger partial charge in [-0.3, -0.25) is 4.79 Å². The number of hydrogen-bond acceptors (Lipinski definition) is 3. The fourth-order valence-electron chi connectivity index (χ4n) is 2.64. The molecule has 0 aromatic heterocycles. The molecule has 21 heavy (non-hydrogen) atoms. The zero-order chi connectivity index (χ0) is 15.5. The van der Waals surface area contributed by atoms with Crippen LogP contribution in [0.15, 0.2) is 33.6 Å². The minimum absolute atomic E-state index is 0.0262. The fourth-order valence-corrected chi connectivity index (χ4v) is 4.59. The van der Waals surface area contributed by atoms with E-state index in [0.717, 1.165) is 30.2 Å². The van der Waals surface area contributed by atoms with Crippen molar-refractivity contribution in [3.63, 3.8) is 0 Å². The molecule has 0 radical (unpaired) electrons. The van der Waals surface area contributed by atoms with Crippen molar-refractivity contribution in [2.24, 2.45) is 0 Å². The summed E-state index contributed by atoms with van der Waals surface area (Å²) >= 11 is 3.28. The zero-order valence-corrected chi connectivity index (χ0v) is 13.9. The summed E-state index contributed by atoms with van der Waals surface area (Å²) in [6, 6.07) is 6.36. The van der Waals surface area contributed by atoms with Crippen LogP contribution in [0.25, 0.3) is 0 Å². The Bertz CT molecular complexity index is 594.